The fraction of sp³-hybridized carbons (Fsp3) is 0.353. The van der Waals surface area contributed by atoms with Crippen molar-refractivity contribution in [3.05, 3.63) is 40.8 Å². The maximum Gasteiger partial charge on any atom is 0.256 e. The van der Waals surface area contributed by atoms with Gasteiger partial charge in [0.25, 0.3) is 5.91 Å². The van der Waals surface area contributed by atoms with E-state index < -0.39 is 0 Å². The van der Waals surface area contributed by atoms with E-state index >= 15 is 0 Å². The highest BCUT2D eigenvalue weighted by atomic mass is 127. The number of nitrogens with zero attached hydrogens (tertiary/aromatic N) is 1. The molecule has 0 fully saturated rings. The van der Waals surface area contributed by atoms with E-state index in [-0.39, 0.29) is 12.1 Å². The van der Waals surface area contributed by atoms with Gasteiger partial charge in [0, 0.05) is 27.1 Å². The van der Waals surface area contributed by atoms with Crippen LogP contribution < -0.4 is 15.4 Å². The summed E-state index contributed by atoms with van der Waals surface area (Å²) in [5, 5.41) is 7.62. The first kappa shape index (κ1) is 17.8. The molecule has 0 radical (unpaired) electrons. The zero-order chi connectivity index (χ0) is 17.7. The molecular weight excluding hydrogens is 564 g/mol. The van der Waals surface area contributed by atoms with Gasteiger partial charge in [-0.15, -0.1) is 11.3 Å². The Kier molecular flexibility index (Phi) is 4.88. The normalized spacial score (nSPS) is 19.7. The lowest BCUT2D eigenvalue weighted by atomic mass is 10.0. The Morgan fingerprint density at radius 2 is 2.12 bits per heavy atom. The number of carbonyl (C=O) groups excluding carboxylic acids is 1. The molecule has 4 rings (SSSR count). The second kappa shape index (κ2) is 6.86. The van der Waals surface area contributed by atoms with Gasteiger partial charge < -0.3 is 20.3 Å². The Morgan fingerprint density at radius 3 is 2.88 bits per heavy atom. The molecule has 8 heteroatoms. The molecule has 1 amide bonds. The Hall–Kier alpha value is -0.590. The molecule has 2 aromatic rings. The minimum Gasteiger partial charge on any atom is -0.495 e. The summed E-state index contributed by atoms with van der Waals surface area (Å²) in [6.07, 6.45) is 0.651. The lowest BCUT2D eigenvalue weighted by molar-refractivity contribution is 0.0934. The first-order valence-corrected chi connectivity index (χ1v) is 10.9. The van der Waals surface area contributed by atoms with Crippen LogP contribution in [0.5, 0.6) is 5.75 Å². The highest BCUT2D eigenvalue weighted by Crippen LogP contribution is 2.42. The van der Waals surface area contributed by atoms with Gasteiger partial charge in [0.05, 0.1) is 16.2 Å². The van der Waals surface area contributed by atoms with Crippen LogP contribution in [0.1, 0.15) is 32.5 Å². The highest BCUT2D eigenvalue weighted by molar-refractivity contribution is 14.1. The molecule has 0 bridgehead atoms. The summed E-state index contributed by atoms with van der Waals surface area (Å²) in [4.78, 5) is 16.4. The Labute approximate surface area is 177 Å². The predicted octanol–water partition coefficient (Wildman–Crippen LogP) is 3.81. The maximum absolute atomic E-state index is 12.9. The standard InChI is InChI=1S/C17H17I2N3O2S/c1-22-4-3-9-12(7-22)25-17-13(9)16(23)20-15(21-17)10-5-8(18)6-11(19)14(10)24-2/h5-6,15,21H,3-4,7H2,1-2H3,(H,20,23)/t15-/m1/s1. The third kappa shape index (κ3) is 3.15. The van der Waals surface area contributed by atoms with E-state index in [1.54, 1.807) is 18.4 Å². The van der Waals surface area contributed by atoms with Gasteiger partial charge in [-0.2, -0.15) is 0 Å². The van der Waals surface area contributed by atoms with Gasteiger partial charge in [-0.1, -0.05) is 0 Å². The third-order valence-electron chi connectivity index (χ3n) is 4.58. The van der Waals surface area contributed by atoms with Gasteiger partial charge >= 0.3 is 0 Å². The van der Waals surface area contributed by atoms with Crippen LogP contribution in [0, 0.1) is 7.14 Å². The van der Waals surface area contributed by atoms with E-state index in [1.807, 2.05) is 0 Å². The average Bonchev–Trinajstić information content (AvgIpc) is 2.91. The second-order valence-corrected chi connectivity index (χ2v) is 9.77. The van der Waals surface area contributed by atoms with E-state index in [0.717, 1.165) is 48.5 Å². The van der Waals surface area contributed by atoms with Gasteiger partial charge in [0.1, 0.15) is 16.9 Å². The Balaban J connectivity index is 1.75. The van der Waals surface area contributed by atoms with Gasteiger partial charge in [-0.25, -0.2) is 0 Å². The summed E-state index contributed by atoms with van der Waals surface area (Å²) < 4.78 is 7.75. The number of thiophene rings is 1. The van der Waals surface area contributed by atoms with E-state index in [1.165, 1.54) is 10.4 Å². The van der Waals surface area contributed by atoms with Crippen molar-refractivity contribution >= 4 is 67.4 Å². The van der Waals surface area contributed by atoms with Crippen LogP contribution in [-0.4, -0.2) is 31.5 Å². The number of fused-ring (bicyclic) bond motifs is 3. The van der Waals surface area contributed by atoms with Crippen molar-refractivity contribution in [3.8, 4) is 5.75 Å². The number of likely N-dealkylation sites (N-methyl/N-ethyl adjacent to an activating group) is 1. The molecule has 0 spiro atoms. The van der Waals surface area contributed by atoms with E-state index in [9.17, 15) is 4.79 Å². The van der Waals surface area contributed by atoms with Gasteiger partial charge in [0.2, 0.25) is 0 Å². The van der Waals surface area contributed by atoms with Gasteiger partial charge in [-0.3, -0.25) is 4.79 Å². The largest absolute Gasteiger partial charge is 0.495 e. The lowest BCUT2D eigenvalue weighted by Crippen LogP contribution is -2.39. The summed E-state index contributed by atoms with van der Waals surface area (Å²) in [6.45, 7) is 1.91. The molecule has 1 atom stereocenters. The minimum atomic E-state index is -0.281. The predicted molar refractivity (Wildman–Crippen MR) is 117 cm³/mol. The van der Waals surface area contributed by atoms with Crippen molar-refractivity contribution in [2.24, 2.45) is 0 Å². The number of carbonyl (C=O) groups is 1. The van der Waals surface area contributed by atoms with Crippen molar-refractivity contribution in [1.82, 2.24) is 10.2 Å². The van der Waals surface area contributed by atoms with E-state index in [0.29, 0.717) is 0 Å². The molecule has 0 unspecified atom stereocenters. The highest BCUT2D eigenvalue weighted by Gasteiger charge is 2.34. The number of hydrogen-bond donors (Lipinski definition) is 2. The molecule has 2 aliphatic heterocycles. The smallest absolute Gasteiger partial charge is 0.256 e. The van der Waals surface area contributed by atoms with Crippen molar-refractivity contribution < 1.29 is 9.53 Å². The molecular formula is C17H17I2N3O2S. The molecule has 3 heterocycles. The number of methoxy groups -OCH3 is 1. The number of nitrogens with one attached hydrogen (secondary N) is 2. The van der Waals surface area contributed by atoms with Crippen LogP contribution in [0.25, 0.3) is 0 Å². The zero-order valence-electron chi connectivity index (χ0n) is 13.8. The maximum atomic E-state index is 12.9. The molecule has 2 aliphatic rings. The molecule has 5 nitrogen and oxygen atoms in total. The molecule has 1 aromatic heterocycles. The van der Waals surface area contributed by atoms with Crippen molar-refractivity contribution in [1.29, 1.82) is 0 Å². The third-order valence-corrected chi connectivity index (χ3v) is 7.15. The first-order valence-electron chi connectivity index (χ1n) is 7.91. The summed E-state index contributed by atoms with van der Waals surface area (Å²) >= 11 is 6.27. The molecule has 2 N–H and O–H groups in total. The molecule has 25 heavy (non-hydrogen) atoms. The topological polar surface area (TPSA) is 53.6 Å². The SMILES string of the molecule is COc1c(I)cc(I)cc1[C@@H]1NC(=O)c2c(sc3c2CCN(C)C3)N1. The fourth-order valence-electron chi connectivity index (χ4n) is 3.41. The van der Waals surface area contributed by atoms with Crippen LogP contribution in [-0.2, 0) is 13.0 Å². The average molecular weight is 581 g/mol. The van der Waals surface area contributed by atoms with Crippen LogP contribution >= 0.6 is 56.5 Å². The zero-order valence-corrected chi connectivity index (χ0v) is 18.9. The number of amides is 1. The summed E-state index contributed by atoms with van der Waals surface area (Å²) in [5.74, 6) is 0.819. The van der Waals surface area contributed by atoms with Crippen LogP contribution in [0.3, 0.4) is 0 Å². The number of rotatable bonds is 2. The van der Waals surface area contributed by atoms with E-state index in [2.05, 4.69) is 79.9 Å². The number of ether oxygens (including phenoxy) is 1. The van der Waals surface area contributed by atoms with Crippen molar-refractivity contribution in [3.63, 3.8) is 0 Å². The number of benzene rings is 1. The fourth-order valence-corrected chi connectivity index (χ4v) is 6.87. The summed E-state index contributed by atoms with van der Waals surface area (Å²) in [7, 11) is 3.79. The van der Waals surface area contributed by atoms with Crippen LogP contribution in [0.2, 0.25) is 0 Å². The summed E-state index contributed by atoms with van der Waals surface area (Å²) in [6, 6.07) is 4.13. The minimum absolute atomic E-state index is 0.0109. The number of halogens is 2. The molecule has 0 aliphatic carbocycles. The van der Waals surface area contributed by atoms with Crippen LogP contribution in [0.15, 0.2) is 12.1 Å². The van der Waals surface area contributed by atoms with Gasteiger partial charge in [0.15, 0.2) is 0 Å². The second-order valence-electron chi connectivity index (χ2n) is 6.26. The first-order chi connectivity index (χ1) is 12.0. The number of anilines is 1. The Morgan fingerprint density at radius 1 is 1.32 bits per heavy atom. The monoisotopic (exact) mass is 581 g/mol. The number of hydrogen-bond acceptors (Lipinski definition) is 5. The summed E-state index contributed by atoms with van der Waals surface area (Å²) in [5.41, 5.74) is 3.01. The van der Waals surface area contributed by atoms with Crippen molar-refractivity contribution in [2.45, 2.75) is 19.1 Å². The lowest BCUT2D eigenvalue weighted by Gasteiger charge is -2.28. The molecule has 0 saturated carbocycles. The Bertz CT molecular complexity index is 868. The molecule has 132 valence electrons. The molecule has 0 saturated heterocycles. The van der Waals surface area contributed by atoms with Crippen molar-refractivity contribution in [2.75, 3.05) is 26.0 Å². The van der Waals surface area contributed by atoms with Crippen LogP contribution in [0.4, 0.5) is 5.00 Å². The van der Waals surface area contributed by atoms with Gasteiger partial charge in [-0.05, 0) is 76.3 Å². The van der Waals surface area contributed by atoms with E-state index in [4.69, 9.17) is 4.74 Å². The molecule has 1 aromatic carbocycles. The quantitative estimate of drug-likeness (QED) is 0.531.